The van der Waals surface area contributed by atoms with E-state index in [0.717, 1.165) is 18.7 Å². The van der Waals surface area contributed by atoms with Crippen LogP contribution < -0.4 is 5.32 Å². The van der Waals surface area contributed by atoms with Crippen LogP contribution in [-0.2, 0) is 17.8 Å². The molecule has 4 nitrogen and oxygen atoms in total. The topological polar surface area (TPSA) is 41.6 Å². The number of carbonyl (C=O) groups is 1. The molecule has 0 aliphatic carbocycles. The van der Waals surface area contributed by atoms with Crippen LogP contribution in [0.4, 0.5) is 0 Å². The minimum Gasteiger partial charge on any atom is -0.372 e. The average molecular weight is 297 g/mol. The lowest BCUT2D eigenvalue weighted by atomic mass is 10.0. The molecule has 0 aromatic heterocycles. The fourth-order valence-electron chi connectivity index (χ4n) is 2.95. The maximum Gasteiger partial charge on any atom is 0.254 e. The molecule has 0 bridgehead atoms. The highest BCUT2D eigenvalue weighted by atomic mass is 35.5. The monoisotopic (exact) mass is 296 g/mol. The molecule has 0 spiro atoms. The number of benzene rings is 1. The van der Waals surface area contributed by atoms with Crippen LogP contribution in [0.5, 0.6) is 0 Å². The van der Waals surface area contributed by atoms with Gasteiger partial charge in [-0.3, -0.25) is 4.79 Å². The number of carbonyl (C=O) groups excluding carboxylic acids is 1. The zero-order valence-electron chi connectivity index (χ0n) is 11.9. The van der Waals surface area contributed by atoms with Gasteiger partial charge in [0.15, 0.2) is 0 Å². The molecule has 110 valence electrons. The number of nitrogens with one attached hydrogen (secondary N) is 1. The molecule has 0 radical (unpaired) electrons. The maximum absolute atomic E-state index is 12.5. The highest BCUT2D eigenvalue weighted by Gasteiger charge is 2.27. The van der Waals surface area contributed by atoms with E-state index in [0.29, 0.717) is 13.1 Å². The van der Waals surface area contributed by atoms with Gasteiger partial charge in [-0.15, -0.1) is 12.4 Å². The first-order valence-electron chi connectivity index (χ1n) is 6.91. The normalized spacial score (nSPS) is 25.0. The first-order valence-corrected chi connectivity index (χ1v) is 6.91. The van der Waals surface area contributed by atoms with Crippen molar-refractivity contribution in [2.45, 2.75) is 39.1 Å². The summed E-state index contributed by atoms with van der Waals surface area (Å²) in [6, 6.07) is 6.04. The van der Waals surface area contributed by atoms with Crippen molar-refractivity contribution in [3.8, 4) is 0 Å². The minimum atomic E-state index is 0. The summed E-state index contributed by atoms with van der Waals surface area (Å²) < 4.78 is 5.67. The molecule has 2 heterocycles. The number of rotatable bonds is 1. The Hall–Kier alpha value is -1.10. The molecule has 5 heteroatoms. The van der Waals surface area contributed by atoms with E-state index in [1.807, 2.05) is 30.9 Å². The fraction of sp³-hybridized carbons (Fsp3) is 0.533. The third kappa shape index (κ3) is 2.97. The molecule has 1 saturated heterocycles. The van der Waals surface area contributed by atoms with Gasteiger partial charge in [0.25, 0.3) is 5.91 Å². The lowest BCUT2D eigenvalue weighted by Gasteiger charge is -2.35. The second-order valence-electron chi connectivity index (χ2n) is 5.55. The van der Waals surface area contributed by atoms with Crippen LogP contribution in [0.1, 0.15) is 35.3 Å². The van der Waals surface area contributed by atoms with Crippen LogP contribution in [0.3, 0.4) is 0 Å². The smallest absolute Gasteiger partial charge is 0.254 e. The van der Waals surface area contributed by atoms with Gasteiger partial charge in [-0.2, -0.15) is 0 Å². The van der Waals surface area contributed by atoms with E-state index in [1.54, 1.807) is 0 Å². The van der Waals surface area contributed by atoms with E-state index in [9.17, 15) is 4.79 Å². The predicted molar refractivity (Wildman–Crippen MR) is 80.1 cm³/mol. The Morgan fingerprint density at radius 3 is 2.55 bits per heavy atom. The second-order valence-corrected chi connectivity index (χ2v) is 5.55. The Balaban J connectivity index is 0.00000147. The molecular weight excluding hydrogens is 276 g/mol. The van der Waals surface area contributed by atoms with E-state index in [1.165, 1.54) is 11.1 Å². The second kappa shape index (κ2) is 6.12. The largest absolute Gasteiger partial charge is 0.372 e. The lowest BCUT2D eigenvalue weighted by Crippen LogP contribution is -2.48. The summed E-state index contributed by atoms with van der Waals surface area (Å²) in [7, 11) is 0. The number of halogens is 1. The van der Waals surface area contributed by atoms with E-state index in [-0.39, 0.29) is 30.5 Å². The Bertz CT molecular complexity index is 497. The lowest BCUT2D eigenvalue weighted by molar-refractivity contribution is -0.0586. The van der Waals surface area contributed by atoms with Crippen molar-refractivity contribution in [3.05, 3.63) is 34.9 Å². The van der Waals surface area contributed by atoms with Crippen LogP contribution in [-0.4, -0.2) is 36.1 Å². The molecule has 2 aliphatic rings. The van der Waals surface area contributed by atoms with E-state index in [4.69, 9.17) is 4.74 Å². The minimum absolute atomic E-state index is 0. The van der Waals surface area contributed by atoms with Crippen molar-refractivity contribution in [1.82, 2.24) is 10.2 Å². The third-order valence-electron chi connectivity index (χ3n) is 3.79. The zero-order valence-corrected chi connectivity index (χ0v) is 12.7. The Morgan fingerprint density at radius 2 is 1.85 bits per heavy atom. The number of nitrogens with zero attached hydrogens (tertiary/aromatic N) is 1. The first-order chi connectivity index (χ1) is 9.13. The summed E-state index contributed by atoms with van der Waals surface area (Å²) in [5.41, 5.74) is 3.35. The summed E-state index contributed by atoms with van der Waals surface area (Å²) in [6.07, 6.45) is 0.229. The Labute approximate surface area is 125 Å². The van der Waals surface area contributed by atoms with E-state index >= 15 is 0 Å². The number of hydrogen-bond donors (Lipinski definition) is 1. The molecule has 1 N–H and O–H groups in total. The van der Waals surface area contributed by atoms with Crippen molar-refractivity contribution in [3.63, 3.8) is 0 Å². The molecule has 1 aromatic carbocycles. The molecular formula is C15H21ClN2O2. The molecule has 0 saturated carbocycles. The molecule has 2 atom stereocenters. The van der Waals surface area contributed by atoms with Crippen molar-refractivity contribution in [2.24, 2.45) is 0 Å². The van der Waals surface area contributed by atoms with Crippen LogP contribution in [0.2, 0.25) is 0 Å². The number of hydrogen-bond acceptors (Lipinski definition) is 3. The highest BCUT2D eigenvalue weighted by molar-refractivity contribution is 5.94. The van der Waals surface area contributed by atoms with Gasteiger partial charge < -0.3 is 15.0 Å². The Kier molecular flexibility index (Phi) is 4.68. The van der Waals surface area contributed by atoms with Gasteiger partial charge >= 0.3 is 0 Å². The third-order valence-corrected chi connectivity index (χ3v) is 3.79. The number of fused-ring (bicyclic) bond motifs is 1. The van der Waals surface area contributed by atoms with E-state index in [2.05, 4.69) is 11.4 Å². The summed E-state index contributed by atoms with van der Waals surface area (Å²) in [4.78, 5) is 14.4. The fourth-order valence-corrected chi connectivity index (χ4v) is 2.95. The molecule has 1 fully saturated rings. The SMILES string of the molecule is C[C@@H]1CN(C(=O)c2ccc3c(c2)CNC3)C[C@H](C)O1.Cl. The summed E-state index contributed by atoms with van der Waals surface area (Å²) in [5.74, 6) is 0.122. The number of morpholine rings is 1. The molecule has 1 aromatic rings. The maximum atomic E-state index is 12.5. The van der Waals surface area contributed by atoms with Crippen molar-refractivity contribution in [2.75, 3.05) is 13.1 Å². The molecule has 1 amide bonds. The molecule has 2 aliphatic heterocycles. The highest BCUT2D eigenvalue weighted by Crippen LogP contribution is 2.20. The van der Waals surface area contributed by atoms with Crippen LogP contribution in [0, 0.1) is 0 Å². The quantitative estimate of drug-likeness (QED) is 0.861. The van der Waals surface area contributed by atoms with Gasteiger partial charge in [-0.1, -0.05) is 6.07 Å². The zero-order chi connectivity index (χ0) is 13.4. The van der Waals surface area contributed by atoms with Gasteiger partial charge in [0.05, 0.1) is 12.2 Å². The van der Waals surface area contributed by atoms with Crippen LogP contribution in [0.15, 0.2) is 18.2 Å². The standard InChI is InChI=1S/C15H20N2O2.ClH/c1-10-8-17(9-11(2)19-10)15(18)12-3-4-13-6-16-7-14(13)5-12;/h3-5,10-11,16H,6-9H2,1-2H3;1H/t10-,11+;. The van der Waals surface area contributed by atoms with Crippen molar-refractivity contribution >= 4 is 18.3 Å². The van der Waals surface area contributed by atoms with Crippen molar-refractivity contribution in [1.29, 1.82) is 0 Å². The number of amides is 1. The van der Waals surface area contributed by atoms with Gasteiger partial charge in [0, 0.05) is 31.7 Å². The number of ether oxygens (including phenoxy) is 1. The molecule has 3 rings (SSSR count). The molecule has 0 unspecified atom stereocenters. The summed E-state index contributed by atoms with van der Waals surface area (Å²) in [6.45, 7) is 7.17. The summed E-state index contributed by atoms with van der Waals surface area (Å²) >= 11 is 0. The average Bonchev–Trinajstić information content (AvgIpc) is 2.83. The Morgan fingerprint density at radius 1 is 1.20 bits per heavy atom. The van der Waals surface area contributed by atoms with Gasteiger partial charge in [-0.05, 0) is 37.1 Å². The first kappa shape index (κ1) is 15.3. The summed E-state index contributed by atoms with van der Waals surface area (Å²) in [5, 5.41) is 3.30. The van der Waals surface area contributed by atoms with Gasteiger partial charge in [0.1, 0.15) is 0 Å². The van der Waals surface area contributed by atoms with Gasteiger partial charge in [-0.25, -0.2) is 0 Å². The van der Waals surface area contributed by atoms with Crippen molar-refractivity contribution < 1.29 is 9.53 Å². The van der Waals surface area contributed by atoms with Crippen LogP contribution >= 0.6 is 12.4 Å². The van der Waals surface area contributed by atoms with Crippen LogP contribution in [0.25, 0.3) is 0 Å². The van der Waals surface area contributed by atoms with E-state index < -0.39 is 0 Å². The predicted octanol–water partition coefficient (Wildman–Crippen LogP) is 1.96. The van der Waals surface area contributed by atoms with Gasteiger partial charge in [0.2, 0.25) is 0 Å². The molecule has 20 heavy (non-hydrogen) atoms.